The number of imidazole rings is 1. The van der Waals surface area contributed by atoms with Crippen molar-refractivity contribution in [3.05, 3.63) is 30.7 Å². The molecule has 0 amide bonds. The Morgan fingerprint density at radius 1 is 1.17 bits per heavy atom. The zero-order valence-corrected chi connectivity index (χ0v) is 15.2. The van der Waals surface area contributed by atoms with Crippen LogP contribution in [0.3, 0.4) is 0 Å². The molecule has 0 saturated heterocycles. The van der Waals surface area contributed by atoms with Gasteiger partial charge >= 0.3 is 18.3 Å². The van der Waals surface area contributed by atoms with Crippen LogP contribution >= 0.6 is 0 Å². The third-order valence-electron chi connectivity index (χ3n) is 3.52. The van der Waals surface area contributed by atoms with Crippen LogP contribution in [0.2, 0.25) is 0 Å². The highest BCUT2D eigenvalue weighted by atomic mass is 19.4. The quantitative estimate of drug-likeness (QED) is 0.588. The number of fused-ring (bicyclic) bond motifs is 1. The first-order valence-corrected chi connectivity index (χ1v) is 8.13. The Hall–Kier alpha value is -3.39. The van der Waals surface area contributed by atoms with Crippen molar-refractivity contribution in [2.45, 2.75) is 32.4 Å². The van der Waals surface area contributed by atoms with Crippen molar-refractivity contribution < 1.29 is 36.2 Å². The van der Waals surface area contributed by atoms with Gasteiger partial charge in [-0.15, -0.1) is 0 Å². The molecule has 0 fully saturated rings. The zero-order chi connectivity index (χ0) is 22.5. The van der Waals surface area contributed by atoms with Crippen LogP contribution in [0, 0.1) is 6.92 Å². The summed E-state index contributed by atoms with van der Waals surface area (Å²) in [6, 6.07) is 0. The summed E-state index contributed by atoms with van der Waals surface area (Å²) in [5.74, 6) is -1.41. The summed E-state index contributed by atoms with van der Waals surface area (Å²) in [7, 11) is 0. The average Bonchev–Trinajstić information content (AvgIpc) is 3.19. The van der Waals surface area contributed by atoms with Gasteiger partial charge in [0.2, 0.25) is 0 Å². The number of hydrogen-bond acceptors (Lipinski definition) is 6. The van der Waals surface area contributed by atoms with Crippen molar-refractivity contribution in [3.8, 4) is 0 Å². The minimum atomic E-state index is -5.08. The van der Waals surface area contributed by atoms with Gasteiger partial charge in [-0.3, -0.25) is 4.68 Å². The molecule has 3 aromatic rings. The SMILES string of the molecule is Cc1nccn1CCNc1ncnc2nn(CC(F)(F)F)cc12.O=C(O)C(F)(F)F. The summed E-state index contributed by atoms with van der Waals surface area (Å²) in [5, 5.41) is 14.5. The minimum Gasteiger partial charge on any atom is -0.475 e. The highest BCUT2D eigenvalue weighted by Crippen LogP contribution is 2.21. The second-order valence-corrected chi connectivity index (χ2v) is 5.80. The van der Waals surface area contributed by atoms with E-state index in [4.69, 9.17) is 9.90 Å². The maximum absolute atomic E-state index is 12.4. The van der Waals surface area contributed by atoms with Crippen LogP contribution in [0.1, 0.15) is 5.82 Å². The van der Waals surface area contributed by atoms with E-state index < -0.39 is 24.9 Å². The first-order valence-electron chi connectivity index (χ1n) is 8.13. The van der Waals surface area contributed by atoms with Gasteiger partial charge in [-0.25, -0.2) is 19.7 Å². The monoisotopic (exact) mass is 439 g/mol. The summed E-state index contributed by atoms with van der Waals surface area (Å²) in [4.78, 5) is 21.0. The molecule has 0 bridgehead atoms. The molecule has 0 radical (unpaired) electrons. The Balaban J connectivity index is 0.000000396. The van der Waals surface area contributed by atoms with E-state index in [0.717, 1.165) is 10.5 Å². The van der Waals surface area contributed by atoms with Gasteiger partial charge in [-0.2, -0.15) is 31.4 Å². The number of anilines is 1. The summed E-state index contributed by atoms with van der Waals surface area (Å²) in [6.45, 7) is 1.95. The Kier molecular flexibility index (Phi) is 6.84. The maximum atomic E-state index is 12.4. The smallest absolute Gasteiger partial charge is 0.475 e. The fraction of sp³-hybridized carbons (Fsp3) is 0.400. The number of carbonyl (C=O) groups is 1. The fourth-order valence-corrected chi connectivity index (χ4v) is 2.22. The third-order valence-corrected chi connectivity index (χ3v) is 3.52. The number of carboxylic acid groups (broad SMARTS) is 1. The molecule has 9 nitrogen and oxygen atoms in total. The molecular formula is C15H15F6N7O2. The van der Waals surface area contributed by atoms with Crippen LogP contribution in [0.25, 0.3) is 11.0 Å². The van der Waals surface area contributed by atoms with Gasteiger partial charge in [-0.05, 0) is 6.92 Å². The van der Waals surface area contributed by atoms with Crippen molar-refractivity contribution in [1.82, 2.24) is 29.3 Å². The van der Waals surface area contributed by atoms with Gasteiger partial charge in [0.15, 0.2) is 5.65 Å². The molecule has 3 heterocycles. The van der Waals surface area contributed by atoms with Crippen LogP contribution in [0.15, 0.2) is 24.9 Å². The van der Waals surface area contributed by atoms with Crippen molar-refractivity contribution in [1.29, 1.82) is 0 Å². The molecule has 0 aliphatic heterocycles. The predicted octanol–water partition coefficient (Wildman–Crippen LogP) is 2.64. The number of nitrogens with one attached hydrogen (secondary N) is 1. The number of nitrogens with zero attached hydrogens (tertiary/aromatic N) is 6. The van der Waals surface area contributed by atoms with Crippen LogP contribution in [0.5, 0.6) is 0 Å². The van der Waals surface area contributed by atoms with E-state index in [1.54, 1.807) is 6.20 Å². The molecule has 164 valence electrons. The zero-order valence-electron chi connectivity index (χ0n) is 15.2. The number of alkyl halides is 6. The number of carboxylic acids is 1. The summed E-state index contributed by atoms with van der Waals surface area (Å²) < 4.78 is 71.9. The summed E-state index contributed by atoms with van der Waals surface area (Å²) >= 11 is 0. The van der Waals surface area contributed by atoms with Crippen molar-refractivity contribution in [3.63, 3.8) is 0 Å². The predicted molar refractivity (Wildman–Crippen MR) is 90.5 cm³/mol. The molecule has 2 N–H and O–H groups in total. The van der Waals surface area contributed by atoms with Crippen molar-refractivity contribution in [2.24, 2.45) is 0 Å². The largest absolute Gasteiger partial charge is 0.490 e. The molecule has 15 heteroatoms. The van der Waals surface area contributed by atoms with E-state index >= 15 is 0 Å². The molecule has 0 saturated carbocycles. The number of hydrogen-bond donors (Lipinski definition) is 2. The maximum Gasteiger partial charge on any atom is 0.490 e. The van der Waals surface area contributed by atoms with Gasteiger partial charge in [-0.1, -0.05) is 0 Å². The van der Waals surface area contributed by atoms with Gasteiger partial charge in [0.25, 0.3) is 0 Å². The lowest BCUT2D eigenvalue weighted by Gasteiger charge is -2.07. The molecule has 30 heavy (non-hydrogen) atoms. The Morgan fingerprint density at radius 3 is 2.37 bits per heavy atom. The van der Waals surface area contributed by atoms with E-state index in [0.29, 0.717) is 24.3 Å². The van der Waals surface area contributed by atoms with Gasteiger partial charge in [0.05, 0.1) is 5.39 Å². The van der Waals surface area contributed by atoms with E-state index in [-0.39, 0.29) is 5.65 Å². The molecule has 0 aromatic carbocycles. The third kappa shape index (κ3) is 6.59. The number of aliphatic carboxylic acids is 1. The molecule has 0 atom stereocenters. The highest BCUT2D eigenvalue weighted by Gasteiger charge is 2.38. The molecule has 3 rings (SSSR count). The number of halogens is 6. The van der Waals surface area contributed by atoms with Crippen LogP contribution in [-0.4, -0.2) is 59.3 Å². The number of rotatable bonds is 5. The topological polar surface area (TPSA) is 111 Å². The molecule has 0 aliphatic rings. The van der Waals surface area contributed by atoms with E-state index in [2.05, 4.69) is 25.4 Å². The first-order chi connectivity index (χ1) is 13.9. The van der Waals surface area contributed by atoms with Gasteiger partial charge in [0.1, 0.15) is 24.5 Å². The standard InChI is InChI=1S/C13H14F3N7.C2HF3O2/c1-9-17-2-4-22(9)5-3-18-11-10-6-23(7-13(14,15)16)21-12(10)20-8-19-11;3-2(4,5)1(6)7/h2,4,6,8H,3,5,7H2,1H3,(H,18,19,20,21);(H,6,7). The van der Waals surface area contributed by atoms with E-state index in [1.807, 2.05) is 17.7 Å². The lowest BCUT2D eigenvalue weighted by Crippen LogP contribution is -2.21. The second-order valence-electron chi connectivity index (χ2n) is 5.80. The fourth-order valence-electron chi connectivity index (χ4n) is 2.22. The molecular weight excluding hydrogens is 424 g/mol. The molecule has 3 aromatic heterocycles. The lowest BCUT2D eigenvalue weighted by molar-refractivity contribution is -0.192. The van der Waals surface area contributed by atoms with Crippen LogP contribution in [-0.2, 0) is 17.9 Å². The lowest BCUT2D eigenvalue weighted by atomic mass is 10.4. The van der Waals surface area contributed by atoms with Gasteiger partial charge in [0, 0.05) is 31.7 Å². The van der Waals surface area contributed by atoms with Gasteiger partial charge < -0.3 is 15.0 Å². The Bertz CT molecular complexity index is 995. The first kappa shape index (κ1) is 22.9. The van der Waals surface area contributed by atoms with Crippen molar-refractivity contribution in [2.75, 3.05) is 11.9 Å². The summed E-state index contributed by atoms with van der Waals surface area (Å²) in [5.41, 5.74) is 0.227. The van der Waals surface area contributed by atoms with E-state index in [9.17, 15) is 26.3 Å². The van der Waals surface area contributed by atoms with E-state index in [1.165, 1.54) is 12.5 Å². The molecule has 0 unspecified atom stereocenters. The van der Waals surface area contributed by atoms with Crippen LogP contribution < -0.4 is 5.32 Å². The molecule has 0 aliphatic carbocycles. The number of aromatic nitrogens is 6. The Labute approximate surface area is 164 Å². The Morgan fingerprint density at radius 2 is 1.83 bits per heavy atom. The van der Waals surface area contributed by atoms with Crippen molar-refractivity contribution >= 4 is 22.8 Å². The minimum absolute atomic E-state index is 0.227. The molecule has 0 spiro atoms. The average molecular weight is 439 g/mol. The summed E-state index contributed by atoms with van der Waals surface area (Å²) in [6.07, 6.45) is -3.28. The number of aryl methyl sites for hydroxylation is 1. The second kappa shape index (κ2) is 8.96. The highest BCUT2D eigenvalue weighted by molar-refractivity contribution is 5.85. The van der Waals surface area contributed by atoms with Crippen LogP contribution in [0.4, 0.5) is 32.2 Å². The normalized spacial score (nSPS) is 11.8.